The fourth-order valence-electron chi connectivity index (χ4n) is 1.86. The van der Waals surface area contributed by atoms with Crippen molar-refractivity contribution in [3.05, 3.63) is 59.4 Å². The molecule has 2 aromatic rings. The molecular weight excluding hydrogens is 240 g/mol. The molecule has 0 fully saturated rings. The summed E-state index contributed by atoms with van der Waals surface area (Å²) in [5.74, 6) is -0.916. The van der Waals surface area contributed by atoms with Gasteiger partial charge in [-0.1, -0.05) is 12.1 Å². The second-order valence-corrected chi connectivity index (χ2v) is 4.35. The summed E-state index contributed by atoms with van der Waals surface area (Å²) in [6.07, 6.45) is 2.51. The van der Waals surface area contributed by atoms with Gasteiger partial charge in [-0.05, 0) is 36.8 Å². The van der Waals surface area contributed by atoms with Gasteiger partial charge in [-0.2, -0.15) is 0 Å². The molecule has 0 aliphatic heterocycles. The fourth-order valence-corrected chi connectivity index (χ4v) is 1.86. The Hall–Kier alpha value is -2.36. The average molecular weight is 256 g/mol. The number of pyridine rings is 1. The number of benzene rings is 1. The number of carboxylic acid groups (broad SMARTS) is 1. The van der Waals surface area contributed by atoms with Gasteiger partial charge in [0, 0.05) is 30.5 Å². The van der Waals surface area contributed by atoms with E-state index in [1.54, 1.807) is 18.3 Å². The number of carbonyl (C=O) groups is 1. The largest absolute Gasteiger partial charge is 0.478 e. The zero-order valence-corrected chi connectivity index (χ0v) is 10.8. The first-order valence-electron chi connectivity index (χ1n) is 6.14. The Morgan fingerprint density at radius 3 is 2.84 bits per heavy atom. The predicted octanol–water partition coefficient (Wildman–Crippen LogP) is 2.74. The van der Waals surface area contributed by atoms with Crippen molar-refractivity contribution in [2.75, 3.05) is 11.9 Å². The number of carboxylic acids is 1. The number of aromatic carboxylic acids is 1. The highest BCUT2D eigenvalue weighted by molar-refractivity contribution is 5.94. The lowest BCUT2D eigenvalue weighted by Gasteiger charge is -2.10. The third-order valence-electron chi connectivity index (χ3n) is 2.83. The summed E-state index contributed by atoms with van der Waals surface area (Å²) in [5, 5.41) is 12.3. The van der Waals surface area contributed by atoms with E-state index in [2.05, 4.69) is 10.3 Å². The minimum Gasteiger partial charge on any atom is -0.478 e. The highest BCUT2D eigenvalue weighted by Crippen LogP contribution is 2.17. The van der Waals surface area contributed by atoms with Crippen molar-refractivity contribution in [2.24, 2.45) is 0 Å². The molecule has 0 bridgehead atoms. The van der Waals surface area contributed by atoms with Gasteiger partial charge < -0.3 is 10.4 Å². The highest BCUT2D eigenvalue weighted by Gasteiger charge is 2.09. The van der Waals surface area contributed by atoms with E-state index in [4.69, 9.17) is 5.11 Å². The number of nitrogens with one attached hydrogen (secondary N) is 1. The second kappa shape index (κ2) is 6.00. The third kappa shape index (κ3) is 3.55. The molecule has 0 amide bonds. The molecule has 98 valence electrons. The number of anilines is 1. The number of nitrogens with zero attached hydrogens (tertiary/aromatic N) is 1. The van der Waals surface area contributed by atoms with E-state index in [0.29, 0.717) is 17.8 Å². The Labute approximate surface area is 112 Å². The Bertz CT molecular complexity index is 568. The standard InChI is InChI=1S/C15H16N2O2/c1-11-5-6-13(15(18)19)14(10-11)17-9-7-12-4-2-3-8-16-12/h2-6,8,10,17H,7,9H2,1H3,(H,18,19). The van der Waals surface area contributed by atoms with Gasteiger partial charge in [0.05, 0.1) is 5.56 Å². The van der Waals surface area contributed by atoms with Crippen LogP contribution in [0.1, 0.15) is 21.6 Å². The summed E-state index contributed by atoms with van der Waals surface area (Å²) in [5.41, 5.74) is 2.97. The van der Waals surface area contributed by atoms with Crippen LogP contribution in [0.2, 0.25) is 0 Å². The smallest absolute Gasteiger partial charge is 0.337 e. The quantitative estimate of drug-likeness (QED) is 0.863. The van der Waals surface area contributed by atoms with Crippen LogP contribution in [-0.2, 0) is 6.42 Å². The molecule has 0 unspecified atom stereocenters. The summed E-state index contributed by atoms with van der Waals surface area (Å²) >= 11 is 0. The van der Waals surface area contributed by atoms with E-state index in [1.807, 2.05) is 31.2 Å². The average Bonchev–Trinajstić information content (AvgIpc) is 2.39. The lowest BCUT2D eigenvalue weighted by molar-refractivity contribution is 0.0698. The van der Waals surface area contributed by atoms with Gasteiger partial charge in [-0.3, -0.25) is 4.98 Å². The van der Waals surface area contributed by atoms with E-state index >= 15 is 0 Å². The molecule has 1 heterocycles. The van der Waals surface area contributed by atoms with Gasteiger partial charge in [0.1, 0.15) is 0 Å². The predicted molar refractivity (Wildman–Crippen MR) is 74.6 cm³/mol. The van der Waals surface area contributed by atoms with Crippen molar-refractivity contribution < 1.29 is 9.90 Å². The van der Waals surface area contributed by atoms with Gasteiger partial charge in [0.25, 0.3) is 0 Å². The first kappa shape index (κ1) is 13.1. The minimum atomic E-state index is -0.916. The van der Waals surface area contributed by atoms with Crippen LogP contribution in [0.3, 0.4) is 0 Å². The molecule has 1 aromatic carbocycles. The molecule has 4 nitrogen and oxygen atoms in total. The van der Waals surface area contributed by atoms with Crippen molar-refractivity contribution in [3.63, 3.8) is 0 Å². The molecule has 4 heteroatoms. The summed E-state index contributed by atoms with van der Waals surface area (Å²) in [4.78, 5) is 15.3. The van der Waals surface area contributed by atoms with E-state index in [1.165, 1.54) is 0 Å². The van der Waals surface area contributed by atoms with Crippen LogP contribution in [-0.4, -0.2) is 22.6 Å². The molecule has 0 spiro atoms. The first-order chi connectivity index (χ1) is 9.16. The lowest BCUT2D eigenvalue weighted by Crippen LogP contribution is -2.10. The van der Waals surface area contributed by atoms with Gasteiger partial charge in [0.2, 0.25) is 0 Å². The van der Waals surface area contributed by atoms with E-state index in [0.717, 1.165) is 17.7 Å². The number of aryl methyl sites for hydroxylation is 1. The molecular formula is C15H16N2O2. The van der Waals surface area contributed by atoms with E-state index < -0.39 is 5.97 Å². The molecule has 1 aromatic heterocycles. The fraction of sp³-hybridized carbons (Fsp3) is 0.200. The van der Waals surface area contributed by atoms with Crippen molar-refractivity contribution in [1.29, 1.82) is 0 Å². The lowest BCUT2D eigenvalue weighted by atomic mass is 10.1. The van der Waals surface area contributed by atoms with Crippen LogP contribution >= 0.6 is 0 Å². The molecule has 0 aliphatic rings. The SMILES string of the molecule is Cc1ccc(C(=O)O)c(NCCc2ccccn2)c1. The second-order valence-electron chi connectivity index (χ2n) is 4.35. The van der Waals surface area contributed by atoms with Crippen LogP contribution in [0, 0.1) is 6.92 Å². The normalized spacial score (nSPS) is 10.2. The summed E-state index contributed by atoms with van der Waals surface area (Å²) in [7, 11) is 0. The van der Waals surface area contributed by atoms with E-state index in [9.17, 15) is 4.79 Å². The molecule has 0 saturated carbocycles. The third-order valence-corrected chi connectivity index (χ3v) is 2.83. The summed E-state index contributed by atoms with van der Waals surface area (Å²) in [6, 6.07) is 11.0. The molecule has 0 aliphatic carbocycles. The molecule has 0 atom stereocenters. The number of rotatable bonds is 5. The zero-order valence-electron chi connectivity index (χ0n) is 10.8. The van der Waals surface area contributed by atoms with Crippen molar-refractivity contribution >= 4 is 11.7 Å². The van der Waals surface area contributed by atoms with Crippen LogP contribution in [0.4, 0.5) is 5.69 Å². The number of aromatic nitrogens is 1. The molecule has 19 heavy (non-hydrogen) atoms. The topological polar surface area (TPSA) is 62.2 Å². The van der Waals surface area contributed by atoms with Gasteiger partial charge >= 0.3 is 5.97 Å². The van der Waals surface area contributed by atoms with Crippen molar-refractivity contribution in [3.8, 4) is 0 Å². The molecule has 2 rings (SSSR count). The maximum atomic E-state index is 11.1. The van der Waals surface area contributed by atoms with Crippen LogP contribution in [0.25, 0.3) is 0 Å². The maximum Gasteiger partial charge on any atom is 0.337 e. The van der Waals surface area contributed by atoms with Gasteiger partial charge in [0.15, 0.2) is 0 Å². The Morgan fingerprint density at radius 2 is 2.16 bits per heavy atom. The first-order valence-corrected chi connectivity index (χ1v) is 6.14. The number of hydrogen-bond acceptors (Lipinski definition) is 3. The zero-order chi connectivity index (χ0) is 13.7. The number of hydrogen-bond donors (Lipinski definition) is 2. The minimum absolute atomic E-state index is 0.298. The van der Waals surface area contributed by atoms with Gasteiger partial charge in [-0.25, -0.2) is 4.79 Å². The Morgan fingerprint density at radius 1 is 1.32 bits per heavy atom. The maximum absolute atomic E-state index is 11.1. The molecule has 0 radical (unpaired) electrons. The summed E-state index contributed by atoms with van der Waals surface area (Å²) < 4.78 is 0. The Kier molecular flexibility index (Phi) is 4.13. The molecule has 0 saturated heterocycles. The van der Waals surface area contributed by atoms with Crippen molar-refractivity contribution in [1.82, 2.24) is 4.98 Å². The van der Waals surface area contributed by atoms with Gasteiger partial charge in [-0.15, -0.1) is 0 Å². The van der Waals surface area contributed by atoms with Crippen LogP contribution in [0.15, 0.2) is 42.6 Å². The van der Waals surface area contributed by atoms with Crippen LogP contribution < -0.4 is 5.32 Å². The summed E-state index contributed by atoms with van der Waals surface area (Å²) in [6.45, 7) is 2.59. The highest BCUT2D eigenvalue weighted by atomic mass is 16.4. The van der Waals surface area contributed by atoms with E-state index in [-0.39, 0.29) is 0 Å². The monoisotopic (exact) mass is 256 g/mol. The Balaban J connectivity index is 2.03. The van der Waals surface area contributed by atoms with Crippen molar-refractivity contribution in [2.45, 2.75) is 13.3 Å². The van der Waals surface area contributed by atoms with Crippen LogP contribution in [0.5, 0.6) is 0 Å². The molecule has 2 N–H and O–H groups in total.